The van der Waals surface area contributed by atoms with Crippen molar-refractivity contribution in [2.75, 3.05) is 5.32 Å². The lowest BCUT2D eigenvalue weighted by molar-refractivity contribution is 0.282. The Kier molecular flexibility index (Phi) is 5.77. The molecule has 0 atom stereocenters. The maximum atomic E-state index is 13.6. The topological polar surface area (TPSA) is 75.3 Å². The first-order valence-electron chi connectivity index (χ1n) is 11.0. The van der Waals surface area contributed by atoms with Crippen LogP contribution in [0.2, 0.25) is 0 Å². The summed E-state index contributed by atoms with van der Waals surface area (Å²) in [4.78, 5) is 14.0. The number of imidazole rings is 1. The van der Waals surface area contributed by atoms with E-state index in [1.807, 2.05) is 28.8 Å². The van der Waals surface area contributed by atoms with Crippen LogP contribution < -0.4 is 5.32 Å². The summed E-state index contributed by atoms with van der Waals surface area (Å²) in [6.45, 7) is 4.69. The Labute approximate surface area is 196 Å². The number of aromatic nitrogens is 4. The van der Waals surface area contributed by atoms with Crippen LogP contribution in [0.3, 0.4) is 0 Å². The van der Waals surface area contributed by atoms with Gasteiger partial charge >= 0.3 is 0 Å². The third-order valence-electron chi connectivity index (χ3n) is 5.83. The van der Waals surface area contributed by atoms with Crippen LogP contribution in [0, 0.1) is 19.7 Å². The number of aliphatic hydroxyl groups excluding tert-OH is 1. The van der Waals surface area contributed by atoms with E-state index in [2.05, 4.69) is 42.3 Å². The molecule has 0 fully saturated rings. The van der Waals surface area contributed by atoms with Gasteiger partial charge in [-0.2, -0.15) is 0 Å². The lowest BCUT2D eigenvalue weighted by Crippen LogP contribution is -2.06. The SMILES string of the molecule is Cc1ccc(C)c(CNc2nccc(-c3c(-c4ccc(F)cc4)nc4cc(CO)ccn34)n2)c1. The molecule has 0 saturated heterocycles. The zero-order valence-corrected chi connectivity index (χ0v) is 19.0. The normalized spacial score (nSPS) is 11.2. The fourth-order valence-corrected chi connectivity index (χ4v) is 3.98. The minimum absolute atomic E-state index is 0.0788. The zero-order valence-electron chi connectivity index (χ0n) is 19.0. The first-order valence-corrected chi connectivity index (χ1v) is 11.0. The second-order valence-electron chi connectivity index (χ2n) is 8.29. The average molecular weight is 454 g/mol. The molecule has 170 valence electrons. The lowest BCUT2D eigenvalue weighted by Gasteiger charge is -2.10. The van der Waals surface area contributed by atoms with E-state index in [9.17, 15) is 9.50 Å². The molecule has 0 bridgehead atoms. The maximum absolute atomic E-state index is 13.6. The van der Waals surface area contributed by atoms with E-state index in [0.29, 0.717) is 29.5 Å². The highest BCUT2D eigenvalue weighted by molar-refractivity contribution is 5.80. The van der Waals surface area contributed by atoms with Gasteiger partial charge in [0.1, 0.15) is 11.5 Å². The molecular formula is C27H24FN5O. The van der Waals surface area contributed by atoms with Crippen LogP contribution in [-0.2, 0) is 13.2 Å². The predicted molar refractivity (Wildman–Crippen MR) is 131 cm³/mol. The summed E-state index contributed by atoms with van der Waals surface area (Å²) in [5.74, 6) is 0.196. The van der Waals surface area contributed by atoms with E-state index in [-0.39, 0.29) is 12.4 Å². The molecule has 0 saturated carbocycles. The van der Waals surface area contributed by atoms with Crippen LogP contribution in [0.5, 0.6) is 0 Å². The number of aliphatic hydroxyl groups is 1. The van der Waals surface area contributed by atoms with Gasteiger partial charge in [0, 0.05) is 24.5 Å². The summed E-state index contributed by atoms with van der Waals surface area (Å²) in [6.07, 6.45) is 3.57. The summed E-state index contributed by atoms with van der Waals surface area (Å²) in [7, 11) is 0. The van der Waals surface area contributed by atoms with E-state index in [4.69, 9.17) is 9.97 Å². The number of pyridine rings is 1. The molecule has 2 N–H and O–H groups in total. The molecule has 0 spiro atoms. The molecule has 5 rings (SSSR count). The van der Waals surface area contributed by atoms with Crippen LogP contribution in [0.4, 0.5) is 10.3 Å². The Morgan fingerprint density at radius 1 is 0.971 bits per heavy atom. The Balaban J connectivity index is 1.57. The van der Waals surface area contributed by atoms with Gasteiger partial charge in [0.2, 0.25) is 5.95 Å². The molecule has 0 unspecified atom stereocenters. The smallest absolute Gasteiger partial charge is 0.223 e. The molecule has 3 heterocycles. The molecule has 34 heavy (non-hydrogen) atoms. The lowest BCUT2D eigenvalue weighted by atomic mass is 10.1. The molecule has 0 amide bonds. The number of hydrogen-bond donors (Lipinski definition) is 2. The van der Waals surface area contributed by atoms with Gasteiger partial charge in [0.15, 0.2) is 0 Å². The fraction of sp³-hybridized carbons (Fsp3) is 0.148. The highest BCUT2D eigenvalue weighted by Gasteiger charge is 2.18. The van der Waals surface area contributed by atoms with Gasteiger partial charge in [-0.15, -0.1) is 0 Å². The van der Waals surface area contributed by atoms with E-state index >= 15 is 0 Å². The molecular weight excluding hydrogens is 429 g/mol. The Hall–Kier alpha value is -4.10. The van der Waals surface area contributed by atoms with Crippen molar-refractivity contribution in [3.05, 3.63) is 101 Å². The van der Waals surface area contributed by atoms with E-state index in [0.717, 1.165) is 16.8 Å². The molecule has 0 aliphatic heterocycles. The zero-order chi connectivity index (χ0) is 23.7. The van der Waals surface area contributed by atoms with E-state index in [1.54, 1.807) is 18.3 Å². The first kappa shape index (κ1) is 21.7. The van der Waals surface area contributed by atoms with Crippen molar-refractivity contribution in [2.45, 2.75) is 27.0 Å². The van der Waals surface area contributed by atoms with E-state index in [1.165, 1.54) is 28.8 Å². The van der Waals surface area contributed by atoms with Gasteiger partial charge in [-0.05, 0) is 73.0 Å². The van der Waals surface area contributed by atoms with E-state index < -0.39 is 0 Å². The number of halogens is 1. The average Bonchev–Trinajstić information content (AvgIpc) is 3.24. The molecule has 6 nitrogen and oxygen atoms in total. The third-order valence-corrected chi connectivity index (χ3v) is 5.83. The number of rotatable bonds is 6. The van der Waals surface area contributed by atoms with Crippen molar-refractivity contribution in [1.82, 2.24) is 19.4 Å². The summed E-state index contributed by atoms with van der Waals surface area (Å²) < 4.78 is 15.5. The summed E-state index contributed by atoms with van der Waals surface area (Å²) in [6, 6.07) is 18.1. The fourth-order valence-electron chi connectivity index (χ4n) is 3.98. The van der Waals surface area contributed by atoms with Crippen molar-refractivity contribution in [2.24, 2.45) is 0 Å². The van der Waals surface area contributed by atoms with Gasteiger partial charge in [-0.1, -0.05) is 23.8 Å². The summed E-state index contributed by atoms with van der Waals surface area (Å²) >= 11 is 0. The number of hydrogen-bond acceptors (Lipinski definition) is 5. The standard InChI is InChI=1S/C27H24FN5O/c1-17-3-4-18(2)21(13-17)15-30-27-29-11-9-23(31-27)26-25(20-5-7-22(28)8-6-20)32-24-14-19(16-34)10-12-33(24)26/h3-14,34H,15-16H2,1-2H3,(H,29,30,31). The molecule has 2 aromatic carbocycles. The number of fused-ring (bicyclic) bond motifs is 1. The largest absolute Gasteiger partial charge is 0.392 e. The molecule has 3 aromatic heterocycles. The van der Waals surface area contributed by atoms with Gasteiger partial charge in [0.25, 0.3) is 0 Å². The summed E-state index contributed by atoms with van der Waals surface area (Å²) in [5.41, 5.74) is 7.92. The minimum Gasteiger partial charge on any atom is -0.392 e. The molecule has 7 heteroatoms. The molecule has 0 aliphatic rings. The van der Waals surface area contributed by atoms with Crippen LogP contribution in [0.1, 0.15) is 22.3 Å². The highest BCUT2D eigenvalue weighted by atomic mass is 19.1. The Bertz CT molecular complexity index is 1480. The van der Waals surface area contributed by atoms with Gasteiger partial charge < -0.3 is 10.4 Å². The van der Waals surface area contributed by atoms with Crippen molar-refractivity contribution in [1.29, 1.82) is 0 Å². The van der Waals surface area contributed by atoms with Crippen molar-refractivity contribution in [3.63, 3.8) is 0 Å². The monoisotopic (exact) mass is 453 g/mol. The first-order chi connectivity index (χ1) is 16.5. The van der Waals surface area contributed by atoms with Crippen LogP contribution in [-0.4, -0.2) is 24.5 Å². The number of anilines is 1. The number of aryl methyl sites for hydroxylation is 2. The van der Waals surface area contributed by atoms with Crippen molar-refractivity contribution < 1.29 is 9.50 Å². The van der Waals surface area contributed by atoms with Gasteiger partial charge in [-0.25, -0.2) is 19.3 Å². The molecule has 0 radical (unpaired) electrons. The van der Waals surface area contributed by atoms with Crippen LogP contribution in [0.25, 0.3) is 28.3 Å². The summed E-state index contributed by atoms with van der Waals surface area (Å²) in [5, 5.41) is 12.9. The second-order valence-corrected chi connectivity index (χ2v) is 8.29. The van der Waals surface area contributed by atoms with Crippen molar-refractivity contribution >= 4 is 11.6 Å². The Morgan fingerprint density at radius 3 is 2.59 bits per heavy atom. The second kappa shape index (κ2) is 9.03. The van der Waals surface area contributed by atoms with Crippen LogP contribution in [0.15, 0.2) is 73.1 Å². The predicted octanol–water partition coefficient (Wildman–Crippen LogP) is 5.32. The highest BCUT2D eigenvalue weighted by Crippen LogP contribution is 2.32. The van der Waals surface area contributed by atoms with Gasteiger partial charge in [0.05, 0.1) is 23.7 Å². The Morgan fingerprint density at radius 2 is 1.79 bits per heavy atom. The quantitative estimate of drug-likeness (QED) is 0.364. The van der Waals surface area contributed by atoms with Gasteiger partial charge in [-0.3, -0.25) is 4.40 Å². The van der Waals surface area contributed by atoms with Crippen LogP contribution >= 0.6 is 0 Å². The van der Waals surface area contributed by atoms with Crippen molar-refractivity contribution in [3.8, 4) is 22.6 Å². The maximum Gasteiger partial charge on any atom is 0.223 e. The molecule has 5 aromatic rings. The third kappa shape index (κ3) is 4.25. The molecule has 0 aliphatic carbocycles. The minimum atomic E-state index is -0.309. The number of nitrogens with one attached hydrogen (secondary N) is 1. The number of benzene rings is 2. The number of nitrogens with zero attached hydrogens (tertiary/aromatic N) is 4.